The zero-order valence-corrected chi connectivity index (χ0v) is 11.1. The van der Waals surface area contributed by atoms with Crippen molar-refractivity contribution in [2.75, 3.05) is 0 Å². The molecule has 2 aromatic rings. The molecule has 1 amide bonds. The van der Waals surface area contributed by atoms with Gasteiger partial charge in [-0.15, -0.1) is 0 Å². The molecule has 0 aliphatic heterocycles. The highest BCUT2D eigenvalue weighted by Gasteiger charge is 2.34. The summed E-state index contributed by atoms with van der Waals surface area (Å²) in [6.07, 6.45) is 3.73. The van der Waals surface area contributed by atoms with Gasteiger partial charge in [0.1, 0.15) is 5.76 Å². The van der Waals surface area contributed by atoms with Gasteiger partial charge >= 0.3 is 0 Å². The largest absolute Gasteiger partial charge is 0.467 e. The third kappa shape index (κ3) is 2.66. The van der Waals surface area contributed by atoms with Crippen LogP contribution in [0.5, 0.6) is 0 Å². The van der Waals surface area contributed by atoms with Crippen LogP contribution >= 0.6 is 11.6 Å². The molecule has 1 aliphatic rings. The van der Waals surface area contributed by atoms with E-state index in [0.717, 1.165) is 18.6 Å². The molecule has 0 radical (unpaired) electrons. The van der Waals surface area contributed by atoms with Gasteiger partial charge in [-0.3, -0.25) is 4.79 Å². The first-order chi connectivity index (χ1) is 9.25. The summed E-state index contributed by atoms with van der Waals surface area (Å²) in [5.74, 6) is 0.775. The van der Waals surface area contributed by atoms with Gasteiger partial charge in [0.2, 0.25) is 0 Å². The van der Waals surface area contributed by atoms with E-state index in [2.05, 4.69) is 0 Å². The van der Waals surface area contributed by atoms with Crippen LogP contribution in [0.1, 0.15) is 29.0 Å². The van der Waals surface area contributed by atoms with Crippen molar-refractivity contribution in [2.45, 2.75) is 25.4 Å². The van der Waals surface area contributed by atoms with Crippen molar-refractivity contribution in [3.8, 4) is 0 Å². The van der Waals surface area contributed by atoms with Crippen LogP contribution in [0.3, 0.4) is 0 Å². The van der Waals surface area contributed by atoms with Crippen molar-refractivity contribution >= 4 is 17.5 Å². The van der Waals surface area contributed by atoms with Crippen molar-refractivity contribution < 1.29 is 9.21 Å². The van der Waals surface area contributed by atoms with Gasteiger partial charge in [0.25, 0.3) is 5.91 Å². The highest BCUT2D eigenvalue weighted by Crippen LogP contribution is 2.31. The number of carbonyl (C=O) groups is 1. The number of amides is 1. The van der Waals surface area contributed by atoms with Crippen LogP contribution in [0.2, 0.25) is 5.02 Å². The molecule has 0 bridgehead atoms. The molecule has 1 aromatic heterocycles. The normalized spacial score (nSPS) is 14.4. The summed E-state index contributed by atoms with van der Waals surface area (Å²) in [5, 5.41) is 0.498. The minimum atomic E-state index is -0.0236. The van der Waals surface area contributed by atoms with Crippen molar-refractivity contribution in [1.29, 1.82) is 0 Å². The maximum absolute atomic E-state index is 12.6. The first-order valence-electron chi connectivity index (χ1n) is 6.33. The number of hydrogen-bond donors (Lipinski definition) is 0. The van der Waals surface area contributed by atoms with Crippen molar-refractivity contribution in [3.05, 3.63) is 59.0 Å². The van der Waals surface area contributed by atoms with E-state index in [1.54, 1.807) is 18.4 Å². The van der Waals surface area contributed by atoms with Gasteiger partial charge in [-0.05, 0) is 37.1 Å². The summed E-state index contributed by atoms with van der Waals surface area (Å²) >= 11 is 6.10. The van der Waals surface area contributed by atoms with E-state index < -0.39 is 0 Å². The first kappa shape index (κ1) is 12.3. The summed E-state index contributed by atoms with van der Waals surface area (Å²) in [6, 6.07) is 11.2. The number of halogens is 1. The number of furan rings is 1. The average Bonchev–Trinajstić information content (AvgIpc) is 3.13. The Morgan fingerprint density at radius 1 is 1.26 bits per heavy atom. The van der Waals surface area contributed by atoms with E-state index in [0.29, 0.717) is 23.2 Å². The highest BCUT2D eigenvalue weighted by molar-refractivity contribution is 6.33. The predicted molar refractivity (Wildman–Crippen MR) is 73.1 cm³/mol. The van der Waals surface area contributed by atoms with Crippen LogP contribution in [0.15, 0.2) is 47.1 Å². The van der Waals surface area contributed by atoms with Crippen LogP contribution in [-0.4, -0.2) is 16.8 Å². The third-order valence-electron chi connectivity index (χ3n) is 3.26. The average molecular weight is 276 g/mol. The van der Waals surface area contributed by atoms with Crippen LogP contribution < -0.4 is 0 Å². The topological polar surface area (TPSA) is 33.5 Å². The fourth-order valence-corrected chi connectivity index (χ4v) is 2.33. The van der Waals surface area contributed by atoms with E-state index in [9.17, 15) is 4.79 Å². The molecule has 3 nitrogen and oxygen atoms in total. The molecule has 0 saturated heterocycles. The Bertz CT molecular complexity index is 576. The maximum Gasteiger partial charge on any atom is 0.256 e. The predicted octanol–water partition coefficient (Wildman–Crippen LogP) is 3.74. The molecule has 1 saturated carbocycles. The van der Waals surface area contributed by atoms with Crippen molar-refractivity contribution in [2.24, 2.45) is 0 Å². The molecule has 1 fully saturated rings. The summed E-state index contributed by atoms with van der Waals surface area (Å²) in [6.45, 7) is 0.502. The molecule has 0 unspecified atom stereocenters. The van der Waals surface area contributed by atoms with Gasteiger partial charge in [0.05, 0.1) is 23.4 Å². The van der Waals surface area contributed by atoms with Crippen LogP contribution in [0, 0.1) is 0 Å². The van der Waals surface area contributed by atoms with E-state index in [4.69, 9.17) is 16.0 Å². The Hall–Kier alpha value is -1.74. The molecule has 1 aliphatic carbocycles. The van der Waals surface area contributed by atoms with Crippen molar-refractivity contribution in [1.82, 2.24) is 4.90 Å². The quantitative estimate of drug-likeness (QED) is 0.852. The lowest BCUT2D eigenvalue weighted by Crippen LogP contribution is -2.32. The minimum absolute atomic E-state index is 0.0236. The third-order valence-corrected chi connectivity index (χ3v) is 3.59. The Labute approximate surface area is 116 Å². The van der Waals surface area contributed by atoms with Crippen molar-refractivity contribution in [3.63, 3.8) is 0 Å². The second kappa shape index (κ2) is 5.10. The van der Waals surface area contributed by atoms with E-state index >= 15 is 0 Å². The summed E-state index contributed by atoms with van der Waals surface area (Å²) in [5.41, 5.74) is 0.558. The molecule has 4 heteroatoms. The molecule has 98 valence electrons. The van der Waals surface area contributed by atoms with Gasteiger partial charge in [-0.2, -0.15) is 0 Å². The van der Waals surface area contributed by atoms with Gasteiger partial charge in [0, 0.05) is 6.04 Å². The lowest BCUT2D eigenvalue weighted by molar-refractivity contribution is 0.0717. The molecular formula is C15H14ClNO2. The lowest BCUT2D eigenvalue weighted by Gasteiger charge is -2.21. The Morgan fingerprint density at radius 3 is 2.68 bits per heavy atom. The number of benzene rings is 1. The number of rotatable bonds is 4. The van der Waals surface area contributed by atoms with Gasteiger partial charge in [-0.1, -0.05) is 23.7 Å². The van der Waals surface area contributed by atoms with E-state index in [1.807, 2.05) is 29.2 Å². The maximum atomic E-state index is 12.6. The highest BCUT2D eigenvalue weighted by atomic mass is 35.5. The van der Waals surface area contributed by atoms with Gasteiger partial charge in [0.15, 0.2) is 0 Å². The SMILES string of the molecule is O=C(c1ccccc1Cl)N(Cc1ccco1)C1CC1. The summed E-state index contributed by atoms with van der Waals surface area (Å²) < 4.78 is 5.33. The van der Waals surface area contributed by atoms with Crippen LogP contribution in [0.4, 0.5) is 0 Å². The molecule has 0 atom stereocenters. The standard InChI is InChI=1S/C15H14ClNO2/c16-14-6-2-1-5-13(14)15(18)17(11-7-8-11)10-12-4-3-9-19-12/h1-6,9,11H,7-8,10H2. The first-order valence-corrected chi connectivity index (χ1v) is 6.71. The second-order valence-electron chi connectivity index (χ2n) is 4.72. The van der Waals surface area contributed by atoms with Crippen LogP contribution in [0.25, 0.3) is 0 Å². The molecule has 0 spiro atoms. The van der Waals surface area contributed by atoms with Crippen LogP contribution in [-0.2, 0) is 6.54 Å². The Morgan fingerprint density at radius 2 is 2.05 bits per heavy atom. The van der Waals surface area contributed by atoms with Gasteiger partial charge < -0.3 is 9.32 Å². The lowest BCUT2D eigenvalue weighted by atomic mass is 10.2. The van der Waals surface area contributed by atoms with Gasteiger partial charge in [-0.25, -0.2) is 0 Å². The zero-order chi connectivity index (χ0) is 13.2. The number of hydrogen-bond acceptors (Lipinski definition) is 2. The zero-order valence-electron chi connectivity index (χ0n) is 10.4. The molecule has 19 heavy (non-hydrogen) atoms. The minimum Gasteiger partial charge on any atom is -0.467 e. The van der Waals surface area contributed by atoms with E-state index in [-0.39, 0.29) is 5.91 Å². The molecular weight excluding hydrogens is 262 g/mol. The molecule has 1 aromatic carbocycles. The monoisotopic (exact) mass is 275 g/mol. The second-order valence-corrected chi connectivity index (χ2v) is 5.13. The fourth-order valence-electron chi connectivity index (χ4n) is 2.11. The smallest absolute Gasteiger partial charge is 0.256 e. The fraction of sp³-hybridized carbons (Fsp3) is 0.267. The summed E-state index contributed by atoms with van der Waals surface area (Å²) in [7, 11) is 0. The Kier molecular flexibility index (Phi) is 3.30. The molecule has 3 rings (SSSR count). The Balaban J connectivity index is 1.84. The van der Waals surface area contributed by atoms with E-state index in [1.165, 1.54) is 0 Å². The summed E-state index contributed by atoms with van der Waals surface area (Å²) in [4.78, 5) is 14.4. The number of nitrogens with zero attached hydrogens (tertiary/aromatic N) is 1. The number of carbonyl (C=O) groups excluding carboxylic acids is 1. The molecule has 0 N–H and O–H groups in total. The molecule has 1 heterocycles.